The van der Waals surface area contributed by atoms with Gasteiger partial charge in [0.2, 0.25) is 5.95 Å². The first-order valence-corrected chi connectivity index (χ1v) is 13.8. The van der Waals surface area contributed by atoms with Crippen molar-refractivity contribution in [1.82, 2.24) is 14.9 Å². The minimum Gasteiger partial charge on any atom is -0.320 e. The highest BCUT2D eigenvalue weighted by molar-refractivity contribution is 9.10. The lowest BCUT2D eigenvalue weighted by Gasteiger charge is -2.26. The predicted octanol–water partition coefficient (Wildman–Crippen LogP) is 4.97. The van der Waals surface area contributed by atoms with Crippen molar-refractivity contribution in [1.29, 1.82) is 0 Å². The first-order chi connectivity index (χ1) is 16.1. The molecule has 1 aliphatic heterocycles. The van der Waals surface area contributed by atoms with Crippen LogP contribution in [0, 0.1) is 0 Å². The molecule has 3 aromatic rings. The van der Waals surface area contributed by atoms with Crippen molar-refractivity contribution in [2.45, 2.75) is 30.3 Å². The monoisotopic (exact) mass is 584 g/mol. The molecule has 1 N–H and O–H groups in total. The summed E-state index contributed by atoms with van der Waals surface area (Å²) in [5.41, 5.74) is 0.0658. The number of sulfone groups is 1. The molecule has 11 heteroatoms. The number of imidazole rings is 1. The Balaban J connectivity index is 1.87. The van der Waals surface area contributed by atoms with Gasteiger partial charge in [0.05, 0.1) is 17.6 Å². The first-order valence-electron chi connectivity index (χ1n) is 10.6. The molecule has 0 aliphatic carbocycles. The zero-order valence-corrected chi connectivity index (χ0v) is 22.5. The molecule has 180 valence electrons. The maximum atomic E-state index is 13.9. The van der Waals surface area contributed by atoms with Crippen LogP contribution in [0.25, 0.3) is 0 Å². The fourth-order valence-corrected chi connectivity index (χ4v) is 6.48. The molecule has 0 saturated heterocycles. The Morgan fingerprint density at radius 1 is 1.12 bits per heavy atom. The summed E-state index contributed by atoms with van der Waals surface area (Å²) in [7, 11) is -1.94. The maximum absolute atomic E-state index is 13.9. The number of anilines is 2. The summed E-state index contributed by atoms with van der Waals surface area (Å²) in [5, 5.41) is 3.69. The van der Waals surface area contributed by atoms with E-state index in [9.17, 15) is 13.2 Å². The van der Waals surface area contributed by atoms with E-state index in [-0.39, 0.29) is 29.1 Å². The molecule has 0 saturated carbocycles. The minimum atomic E-state index is -3.71. The van der Waals surface area contributed by atoms with Crippen LogP contribution < -0.4 is 10.2 Å². The number of hydrogen-bond donors (Lipinski definition) is 1. The van der Waals surface area contributed by atoms with Crippen LogP contribution in [0.1, 0.15) is 18.9 Å². The Kier molecular flexibility index (Phi) is 7.13. The molecule has 0 fully saturated rings. The Morgan fingerprint density at radius 3 is 2.38 bits per heavy atom. The number of carbonyl (C=O) groups excluding carboxylic acids is 1. The van der Waals surface area contributed by atoms with Gasteiger partial charge < -0.3 is 5.32 Å². The van der Waals surface area contributed by atoms with E-state index in [1.165, 1.54) is 11.1 Å². The summed E-state index contributed by atoms with van der Waals surface area (Å²) >= 11 is 15.8. The zero-order valence-electron chi connectivity index (χ0n) is 18.6. The van der Waals surface area contributed by atoms with Gasteiger partial charge in [0.15, 0.2) is 14.9 Å². The third-order valence-electron chi connectivity index (χ3n) is 5.79. The molecule has 1 atom stereocenters. The Labute approximate surface area is 217 Å². The number of benzene rings is 2. The summed E-state index contributed by atoms with van der Waals surface area (Å²) in [6.07, 6.45) is 2.03. The largest absolute Gasteiger partial charge is 0.320 e. The highest BCUT2D eigenvalue weighted by atomic mass is 79.9. The smallest absolute Gasteiger partial charge is 0.260 e. The fraction of sp³-hybridized carbons (Fsp3) is 0.304. The molecule has 1 aromatic heterocycles. The Morgan fingerprint density at radius 2 is 1.76 bits per heavy atom. The average molecular weight is 586 g/mol. The normalized spacial score (nSPS) is 17.9. The second kappa shape index (κ2) is 9.62. The second-order valence-electron chi connectivity index (χ2n) is 8.35. The van der Waals surface area contributed by atoms with Gasteiger partial charge in [-0.3, -0.25) is 9.36 Å². The molecule has 0 bridgehead atoms. The van der Waals surface area contributed by atoms with E-state index in [0.717, 1.165) is 10.0 Å². The van der Waals surface area contributed by atoms with Gasteiger partial charge in [0.25, 0.3) is 5.91 Å². The van der Waals surface area contributed by atoms with Crippen LogP contribution in [-0.4, -0.2) is 43.2 Å². The number of rotatable bonds is 8. The number of amides is 1. The maximum Gasteiger partial charge on any atom is 0.260 e. The van der Waals surface area contributed by atoms with Crippen molar-refractivity contribution >= 4 is 66.5 Å². The van der Waals surface area contributed by atoms with Crippen LogP contribution in [-0.2, 0) is 26.6 Å². The SMILES string of the molecule is CNCCCS(=O)(=O)c1cnc2n1[C@](C)(Cc1ccc(Br)cc1)C(=O)N2c1cc(Cl)cc(Cl)c1. The van der Waals surface area contributed by atoms with E-state index >= 15 is 0 Å². The highest BCUT2D eigenvalue weighted by Gasteiger charge is 2.51. The van der Waals surface area contributed by atoms with E-state index in [2.05, 4.69) is 26.2 Å². The summed E-state index contributed by atoms with van der Waals surface area (Å²) in [4.78, 5) is 19.7. The van der Waals surface area contributed by atoms with Crippen LogP contribution in [0.3, 0.4) is 0 Å². The third-order valence-corrected chi connectivity index (χ3v) is 8.51. The molecular weight excluding hydrogens is 563 g/mol. The van der Waals surface area contributed by atoms with Gasteiger partial charge in [-0.25, -0.2) is 18.3 Å². The second-order valence-corrected chi connectivity index (χ2v) is 12.2. The van der Waals surface area contributed by atoms with Crippen LogP contribution in [0.15, 0.2) is 58.2 Å². The van der Waals surface area contributed by atoms with Gasteiger partial charge in [0, 0.05) is 20.9 Å². The number of halogens is 3. The van der Waals surface area contributed by atoms with E-state index in [1.807, 2.05) is 24.3 Å². The summed E-state index contributed by atoms with van der Waals surface area (Å²) < 4.78 is 29.1. The van der Waals surface area contributed by atoms with Crippen molar-refractivity contribution in [3.8, 4) is 0 Å². The number of fused-ring (bicyclic) bond motifs is 1. The number of aromatic nitrogens is 2. The van der Waals surface area contributed by atoms with Gasteiger partial charge in [0.1, 0.15) is 5.54 Å². The number of hydrogen-bond acceptors (Lipinski definition) is 5. The molecule has 0 radical (unpaired) electrons. The van der Waals surface area contributed by atoms with Crippen LogP contribution >= 0.6 is 39.1 Å². The van der Waals surface area contributed by atoms with Crippen LogP contribution in [0.2, 0.25) is 10.0 Å². The molecule has 34 heavy (non-hydrogen) atoms. The van der Waals surface area contributed by atoms with E-state index < -0.39 is 15.4 Å². The van der Waals surface area contributed by atoms with Crippen molar-refractivity contribution in [2.75, 3.05) is 24.2 Å². The van der Waals surface area contributed by atoms with Gasteiger partial charge in [-0.15, -0.1) is 0 Å². The number of carbonyl (C=O) groups is 1. The third kappa shape index (κ3) is 4.64. The molecular formula is C23H23BrCl2N4O3S. The standard InChI is InChI=1S/C23H23BrCl2N4O3S/c1-23(13-15-4-6-16(24)7-5-15)21(31)29(19-11-17(25)10-18(26)12-19)22-28-14-20(30(22)23)34(32,33)9-3-8-27-2/h4-7,10-12,14,27H,3,8-9,13H2,1-2H3/t23-/m1/s1. The van der Waals surface area contributed by atoms with E-state index in [1.54, 1.807) is 36.7 Å². The lowest BCUT2D eigenvalue weighted by atomic mass is 9.92. The minimum absolute atomic E-state index is 0.0159. The van der Waals surface area contributed by atoms with Gasteiger partial charge in [-0.2, -0.15) is 0 Å². The number of nitrogens with zero attached hydrogens (tertiary/aromatic N) is 3. The van der Waals surface area contributed by atoms with Crippen molar-refractivity contribution in [3.05, 3.63) is 68.7 Å². The molecule has 2 heterocycles. The van der Waals surface area contributed by atoms with Crippen LogP contribution in [0.5, 0.6) is 0 Å². The van der Waals surface area contributed by atoms with Crippen molar-refractivity contribution in [2.24, 2.45) is 0 Å². The van der Waals surface area contributed by atoms with Crippen molar-refractivity contribution in [3.63, 3.8) is 0 Å². The van der Waals surface area contributed by atoms with Crippen LogP contribution in [0.4, 0.5) is 11.6 Å². The Hall–Kier alpha value is -1.91. The summed E-state index contributed by atoms with van der Waals surface area (Å²) in [6.45, 7) is 2.30. The molecule has 0 unspecified atom stereocenters. The molecule has 1 amide bonds. The molecule has 1 aliphatic rings. The average Bonchev–Trinajstić information content (AvgIpc) is 3.28. The predicted molar refractivity (Wildman–Crippen MR) is 138 cm³/mol. The fourth-order valence-electron chi connectivity index (χ4n) is 4.19. The lowest BCUT2D eigenvalue weighted by molar-refractivity contribution is -0.124. The van der Waals surface area contributed by atoms with E-state index in [0.29, 0.717) is 28.7 Å². The summed E-state index contributed by atoms with van der Waals surface area (Å²) in [6, 6.07) is 12.4. The molecule has 0 spiro atoms. The highest BCUT2D eigenvalue weighted by Crippen LogP contribution is 2.44. The van der Waals surface area contributed by atoms with E-state index in [4.69, 9.17) is 23.2 Å². The lowest BCUT2D eigenvalue weighted by Crippen LogP contribution is -2.42. The quantitative estimate of drug-likeness (QED) is 0.377. The Bertz CT molecular complexity index is 1320. The molecule has 2 aromatic carbocycles. The van der Waals surface area contributed by atoms with Gasteiger partial charge in [-0.1, -0.05) is 51.3 Å². The number of nitrogens with one attached hydrogen (secondary N) is 1. The molecule has 7 nitrogen and oxygen atoms in total. The topological polar surface area (TPSA) is 84.3 Å². The first kappa shape index (κ1) is 25.2. The van der Waals surface area contributed by atoms with Crippen molar-refractivity contribution < 1.29 is 13.2 Å². The summed E-state index contributed by atoms with van der Waals surface area (Å²) in [5.74, 6) is -0.163. The van der Waals surface area contributed by atoms with Gasteiger partial charge >= 0.3 is 0 Å². The molecule has 4 rings (SSSR count). The van der Waals surface area contributed by atoms with Gasteiger partial charge in [-0.05, 0) is 62.8 Å². The zero-order chi connectivity index (χ0) is 24.7.